The van der Waals surface area contributed by atoms with Gasteiger partial charge in [0.05, 0.1) is 18.3 Å². The quantitative estimate of drug-likeness (QED) is 0.523. The zero-order valence-corrected chi connectivity index (χ0v) is 18.6. The van der Waals surface area contributed by atoms with E-state index in [-0.39, 0.29) is 22.9 Å². The molecule has 0 saturated carbocycles. The van der Waals surface area contributed by atoms with Crippen LogP contribution in [0.15, 0.2) is 59.5 Å². The molecule has 0 saturated heterocycles. The van der Waals surface area contributed by atoms with Crippen molar-refractivity contribution in [1.82, 2.24) is 9.78 Å². The van der Waals surface area contributed by atoms with Crippen LogP contribution in [-0.4, -0.2) is 16.4 Å². The monoisotopic (exact) mass is 426 g/mol. The summed E-state index contributed by atoms with van der Waals surface area (Å²) in [6.07, 6.45) is 2.34. The molecule has 0 amide bonds. The van der Waals surface area contributed by atoms with Crippen LogP contribution < -0.4 is 15.0 Å². The van der Waals surface area contributed by atoms with Gasteiger partial charge in [0, 0.05) is 6.42 Å². The molecule has 0 aliphatic rings. The third kappa shape index (κ3) is 5.63. The average molecular weight is 427 g/mol. The molecule has 0 aliphatic carbocycles. The Morgan fingerprint density at radius 3 is 2.23 bits per heavy atom. The van der Waals surface area contributed by atoms with Gasteiger partial charge in [0.1, 0.15) is 12.4 Å². The van der Waals surface area contributed by atoms with Gasteiger partial charge in [0.2, 0.25) is 0 Å². The molecule has 1 heterocycles. The number of hydrogen-bond donors (Lipinski definition) is 0. The zero-order chi connectivity index (χ0) is 21.7. The predicted octanol–water partition coefficient (Wildman–Crippen LogP) is 5.16. The largest absolute Gasteiger partial charge is 0.493 e. The first-order valence-electron chi connectivity index (χ1n) is 9.92. The van der Waals surface area contributed by atoms with E-state index in [4.69, 9.17) is 21.1 Å². The van der Waals surface area contributed by atoms with Crippen molar-refractivity contribution < 1.29 is 9.47 Å². The van der Waals surface area contributed by atoms with Crippen LogP contribution >= 0.6 is 11.6 Å². The first kappa shape index (κ1) is 21.9. The smallest absolute Gasteiger partial charge is 0.289 e. The molecule has 0 aliphatic heterocycles. The Bertz CT molecular complexity index is 1040. The number of nitrogens with zero attached hydrogens (tertiary/aromatic N) is 2. The van der Waals surface area contributed by atoms with E-state index in [1.54, 1.807) is 0 Å². The molecule has 0 N–H and O–H groups in total. The van der Waals surface area contributed by atoms with Gasteiger partial charge in [-0.15, -0.1) is 0 Å². The topological polar surface area (TPSA) is 53.4 Å². The highest BCUT2D eigenvalue weighted by molar-refractivity contribution is 6.31. The summed E-state index contributed by atoms with van der Waals surface area (Å²) in [4.78, 5) is 12.4. The number of ether oxygens (including phenoxy) is 2. The normalized spacial score (nSPS) is 11.4. The highest BCUT2D eigenvalue weighted by Crippen LogP contribution is 2.22. The molecule has 1 aromatic heterocycles. The minimum atomic E-state index is -0.450. The van der Waals surface area contributed by atoms with Gasteiger partial charge >= 0.3 is 0 Å². The van der Waals surface area contributed by atoms with Crippen LogP contribution in [0.2, 0.25) is 5.02 Å². The molecular formula is C24H27ClN2O3. The fourth-order valence-corrected chi connectivity index (χ4v) is 3.06. The fraction of sp³-hybridized carbons (Fsp3) is 0.333. The molecule has 2 aromatic carbocycles. The zero-order valence-electron chi connectivity index (χ0n) is 17.8. The van der Waals surface area contributed by atoms with Crippen molar-refractivity contribution in [2.24, 2.45) is 0 Å². The Morgan fingerprint density at radius 2 is 1.60 bits per heavy atom. The number of benzene rings is 2. The summed E-state index contributed by atoms with van der Waals surface area (Å²) in [6.45, 7) is 8.65. The minimum absolute atomic E-state index is 0.0379. The van der Waals surface area contributed by atoms with Gasteiger partial charge in [0.15, 0.2) is 10.8 Å². The van der Waals surface area contributed by atoms with E-state index in [1.165, 1.54) is 22.0 Å². The molecule has 0 radical (unpaired) electrons. The standard InChI is InChI=1S/C24H27ClN2O3/c1-17-5-7-18(8-6-17)13-14-29-20-11-9-19(10-12-20)16-30-21-15-26-27(24(2,3)4)23(28)22(21)25/h5-12,15H,13-14,16H2,1-4H3. The second-order valence-electron chi connectivity index (χ2n) is 8.23. The molecule has 0 unspecified atom stereocenters. The molecule has 158 valence electrons. The molecule has 6 heteroatoms. The van der Waals surface area contributed by atoms with Crippen molar-refractivity contribution in [1.29, 1.82) is 0 Å². The summed E-state index contributed by atoms with van der Waals surface area (Å²) in [5, 5.41) is 4.21. The third-order valence-electron chi connectivity index (χ3n) is 4.62. The number of aryl methyl sites for hydroxylation is 1. The van der Waals surface area contributed by atoms with Crippen LogP contribution in [0, 0.1) is 6.92 Å². The first-order valence-corrected chi connectivity index (χ1v) is 10.3. The summed E-state index contributed by atoms with van der Waals surface area (Å²) >= 11 is 6.19. The number of hydrogen-bond acceptors (Lipinski definition) is 4. The molecule has 0 spiro atoms. The maximum absolute atomic E-state index is 12.4. The van der Waals surface area contributed by atoms with Crippen LogP contribution in [0.5, 0.6) is 11.5 Å². The molecule has 30 heavy (non-hydrogen) atoms. The van der Waals surface area contributed by atoms with E-state index in [0.29, 0.717) is 6.61 Å². The lowest BCUT2D eigenvalue weighted by molar-refractivity contribution is 0.291. The van der Waals surface area contributed by atoms with Gasteiger partial charge in [-0.3, -0.25) is 4.79 Å². The van der Waals surface area contributed by atoms with Crippen molar-refractivity contribution in [3.63, 3.8) is 0 Å². The van der Waals surface area contributed by atoms with E-state index in [9.17, 15) is 4.79 Å². The highest BCUT2D eigenvalue weighted by Gasteiger charge is 2.20. The van der Waals surface area contributed by atoms with E-state index in [2.05, 4.69) is 36.3 Å². The molecule has 3 rings (SSSR count). The first-order chi connectivity index (χ1) is 14.2. The second kappa shape index (κ2) is 9.35. The Kier molecular flexibility index (Phi) is 6.83. The van der Waals surface area contributed by atoms with Crippen LogP contribution in [0.4, 0.5) is 0 Å². The van der Waals surface area contributed by atoms with Crippen molar-refractivity contribution in [3.05, 3.63) is 86.8 Å². The Morgan fingerprint density at radius 1 is 0.967 bits per heavy atom. The predicted molar refractivity (Wildman–Crippen MR) is 120 cm³/mol. The van der Waals surface area contributed by atoms with Crippen LogP contribution in [0.3, 0.4) is 0 Å². The lowest BCUT2D eigenvalue weighted by atomic mass is 10.1. The van der Waals surface area contributed by atoms with E-state index in [0.717, 1.165) is 17.7 Å². The highest BCUT2D eigenvalue weighted by atomic mass is 35.5. The lowest BCUT2D eigenvalue weighted by Gasteiger charge is -2.21. The van der Waals surface area contributed by atoms with E-state index >= 15 is 0 Å². The van der Waals surface area contributed by atoms with Crippen LogP contribution in [-0.2, 0) is 18.6 Å². The Balaban J connectivity index is 1.54. The summed E-state index contributed by atoms with van der Waals surface area (Å²) in [6, 6.07) is 16.1. The fourth-order valence-electron chi connectivity index (χ4n) is 2.88. The Hall–Kier alpha value is -2.79. The van der Waals surface area contributed by atoms with Crippen LogP contribution in [0.1, 0.15) is 37.5 Å². The van der Waals surface area contributed by atoms with Crippen molar-refractivity contribution in [2.45, 2.75) is 46.3 Å². The summed E-state index contributed by atoms with van der Waals surface area (Å²) in [5.41, 5.74) is 2.64. The van der Waals surface area contributed by atoms with E-state index < -0.39 is 5.54 Å². The third-order valence-corrected chi connectivity index (χ3v) is 4.97. The molecule has 3 aromatic rings. The summed E-state index contributed by atoms with van der Waals surface area (Å²) < 4.78 is 12.9. The van der Waals surface area contributed by atoms with Gasteiger partial charge in [0.25, 0.3) is 5.56 Å². The van der Waals surface area contributed by atoms with Crippen molar-refractivity contribution in [2.75, 3.05) is 6.61 Å². The van der Waals surface area contributed by atoms with Gasteiger partial charge in [-0.1, -0.05) is 53.6 Å². The number of halogens is 1. The SMILES string of the molecule is Cc1ccc(CCOc2ccc(COc3cnn(C(C)(C)C)c(=O)c3Cl)cc2)cc1. The van der Waals surface area contributed by atoms with Gasteiger partial charge in [-0.25, -0.2) is 4.68 Å². The maximum Gasteiger partial charge on any atom is 0.289 e. The minimum Gasteiger partial charge on any atom is -0.493 e. The van der Waals surface area contributed by atoms with Crippen molar-refractivity contribution >= 4 is 11.6 Å². The Labute approximate surface area is 182 Å². The maximum atomic E-state index is 12.4. The number of rotatable bonds is 7. The second-order valence-corrected chi connectivity index (χ2v) is 8.61. The summed E-state index contributed by atoms with van der Waals surface area (Å²) in [7, 11) is 0. The van der Waals surface area contributed by atoms with Gasteiger partial charge < -0.3 is 9.47 Å². The van der Waals surface area contributed by atoms with Crippen LogP contribution in [0.25, 0.3) is 0 Å². The lowest BCUT2D eigenvalue weighted by Crippen LogP contribution is -2.36. The summed E-state index contributed by atoms with van der Waals surface area (Å²) in [5.74, 6) is 1.08. The molecule has 0 fully saturated rings. The van der Waals surface area contributed by atoms with Gasteiger partial charge in [-0.05, 0) is 51.0 Å². The van der Waals surface area contributed by atoms with Crippen molar-refractivity contribution in [3.8, 4) is 11.5 Å². The van der Waals surface area contributed by atoms with E-state index in [1.807, 2.05) is 45.0 Å². The molecule has 0 bridgehead atoms. The molecule has 5 nitrogen and oxygen atoms in total. The number of aromatic nitrogens is 2. The molecular weight excluding hydrogens is 400 g/mol. The average Bonchev–Trinajstić information content (AvgIpc) is 2.70. The van der Waals surface area contributed by atoms with Gasteiger partial charge in [-0.2, -0.15) is 5.10 Å². The molecule has 0 atom stereocenters.